The molecule has 8 heteroatoms. The van der Waals surface area contributed by atoms with Crippen LogP contribution in [0, 0.1) is 0 Å². The molecule has 1 aromatic rings. The molecule has 0 saturated heterocycles. The van der Waals surface area contributed by atoms with Crippen LogP contribution in [-0.4, -0.2) is 25.9 Å². The van der Waals surface area contributed by atoms with Gasteiger partial charge in [-0.1, -0.05) is 15.9 Å². The number of alkyl halides is 3. The second kappa shape index (κ2) is 7.88. The number of carbonyl (C=O) groups is 1. The summed E-state index contributed by atoms with van der Waals surface area (Å²) in [5.74, 6) is -0.0241. The van der Waals surface area contributed by atoms with Crippen molar-refractivity contribution in [3.63, 3.8) is 0 Å². The first kappa shape index (κ1) is 15.6. The van der Waals surface area contributed by atoms with Crippen LogP contribution in [0.5, 0.6) is 5.75 Å². The van der Waals surface area contributed by atoms with Gasteiger partial charge in [0.25, 0.3) is 0 Å². The van der Waals surface area contributed by atoms with Crippen LogP contribution in [0.2, 0.25) is 0 Å². The van der Waals surface area contributed by atoms with Crippen molar-refractivity contribution in [1.29, 1.82) is 0 Å². The van der Waals surface area contributed by atoms with E-state index in [1.165, 1.54) is 6.07 Å². The molecule has 0 aliphatic heterocycles. The highest BCUT2D eigenvalue weighted by Gasteiger charge is 2.11. The van der Waals surface area contributed by atoms with Gasteiger partial charge in [-0.05, 0) is 18.2 Å². The van der Waals surface area contributed by atoms with Gasteiger partial charge in [-0.3, -0.25) is 0 Å². The summed E-state index contributed by atoms with van der Waals surface area (Å²) in [4.78, 5) is 11.2. The molecule has 0 atom stereocenters. The van der Waals surface area contributed by atoms with E-state index in [0.29, 0.717) is 10.0 Å². The Bertz CT molecular complexity index is 432. The van der Waals surface area contributed by atoms with Gasteiger partial charge in [0, 0.05) is 23.1 Å². The molecule has 1 rings (SSSR count). The predicted octanol–water partition coefficient (Wildman–Crippen LogP) is 2.82. The Labute approximate surface area is 116 Å². The number of urea groups is 1. The van der Waals surface area contributed by atoms with Gasteiger partial charge in [0.1, 0.15) is 12.4 Å². The van der Waals surface area contributed by atoms with Crippen LogP contribution < -0.4 is 15.4 Å². The maximum absolute atomic E-state index is 12.2. The van der Waals surface area contributed by atoms with Crippen molar-refractivity contribution in [3.8, 4) is 5.75 Å². The first-order chi connectivity index (χ1) is 9.02. The molecule has 4 nitrogen and oxygen atoms in total. The van der Waals surface area contributed by atoms with Crippen molar-refractivity contribution in [2.24, 2.45) is 0 Å². The molecule has 0 fully saturated rings. The topological polar surface area (TPSA) is 50.4 Å². The van der Waals surface area contributed by atoms with Crippen LogP contribution in [0.3, 0.4) is 0 Å². The number of hydrogen-bond donors (Lipinski definition) is 2. The molecule has 2 amide bonds. The van der Waals surface area contributed by atoms with Crippen molar-refractivity contribution in [1.82, 2.24) is 10.6 Å². The molecular weight excluding hydrogens is 329 g/mol. The van der Waals surface area contributed by atoms with E-state index in [2.05, 4.69) is 31.3 Å². The Balaban J connectivity index is 2.65. The summed E-state index contributed by atoms with van der Waals surface area (Å²) in [5, 5.41) is 4.66. The first-order valence-corrected chi connectivity index (χ1v) is 6.13. The summed E-state index contributed by atoms with van der Waals surface area (Å²) in [6.45, 7) is -3.74. The van der Waals surface area contributed by atoms with E-state index < -0.39 is 19.3 Å². The van der Waals surface area contributed by atoms with Gasteiger partial charge < -0.3 is 15.4 Å². The number of halogens is 4. The number of hydrogen-bond acceptors (Lipinski definition) is 2. The minimum atomic E-state index is -2.94. The van der Waals surface area contributed by atoms with E-state index in [0.717, 1.165) is 0 Å². The van der Waals surface area contributed by atoms with Crippen LogP contribution in [0.4, 0.5) is 18.0 Å². The minimum Gasteiger partial charge on any atom is -0.434 e. The van der Waals surface area contributed by atoms with Crippen molar-refractivity contribution < 1.29 is 22.7 Å². The number of benzene rings is 1. The highest BCUT2D eigenvalue weighted by Crippen LogP contribution is 2.24. The lowest BCUT2D eigenvalue weighted by molar-refractivity contribution is -0.0504. The average Bonchev–Trinajstić information content (AvgIpc) is 2.36. The molecule has 19 heavy (non-hydrogen) atoms. The maximum Gasteiger partial charge on any atom is 0.387 e. The minimum absolute atomic E-state index is 0.0143. The lowest BCUT2D eigenvalue weighted by atomic mass is 10.2. The van der Waals surface area contributed by atoms with Crippen LogP contribution >= 0.6 is 15.9 Å². The highest BCUT2D eigenvalue weighted by atomic mass is 79.9. The second-order valence-corrected chi connectivity index (χ2v) is 4.34. The number of carbonyl (C=O) groups excluding carboxylic acids is 1. The van der Waals surface area contributed by atoms with Gasteiger partial charge in [0.05, 0.1) is 0 Å². The third kappa shape index (κ3) is 5.82. The molecule has 0 unspecified atom stereocenters. The molecule has 0 aliphatic rings. The van der Waals surface area contributed by atoms with Crippen molar-refractivity contribution in [2.75, 3.05) is 13.2 Å². The summed E-state index contributed by atoms with van der Waals surface area (Å²) in [6.07, 6.45) is 0. The number of rotatable bonds is 6. The van der Waals surface area contributed by atoms with Crippen LogP contribution in [0.1, 0.15) is 5.56 Å². The SMILES string of the molecule is O=C(NCCF)NCc1cc(Br)ccc1OC(F)F. The average molecular weight is 341 g/mol. The Kier molecular flexibility index (Phi) is 6.48. The van der Waals surface area contributed by atoms with E-state index in [1.54, 1.807) is 12.1 Å². The Morgan fingerprint density at radius 3 is 2.74 bits per heavy atom. The molecule has 0 aliphatic carbocycles. The molecule has 0 radical (unpaired) electrons. The third-order valence-corrected chi connectivity index (χ3v) is 2.55. The maximum atomic E-state index is 12.2. The van der Waals surface area contributed by atoms with Crippen LogP contribution in [0.15, 0.2) is 22.7 Å². The Hall–Kier alpha value is -1.44. The highest BCUT2D eigenvalue weighted by molar-refractivity contribution is 9.10. The summed E-state index contributed by atoms with van der Waals surface area (Å²) < 4.78 is 41.2. The van der Waals surface area contributed by atoms with E-state index in [-0.39, 0.29) is 18.8 Å². The molecule has 0 saturated carbocycles. The van der Waals surface area contributed by atoms with Gasteiger partial charge in [-0.25, -0.2) is 9.18 Å². The zero-order chi connectivity index (χ0) is 14.3. The quantitative estimate of drug-likeness (QED) is 0.836. The summed E-state index contributed by atoms with van der Waals surface area (Å²) >= 11 is 3.19. The molecular formula is C11H12BrF3N2O2. The van der Waals surface area contributed by atoms with Gasteiger partial charge in [0.15, 0.2) is 0 Å². The van der Waals surface area contributed by atoms with Gasteiger partial charge in [-0.2, -0.15) is 8.78 Å². The van der Waals surface area contributed by atoms with Crippen molar-refractivity contribution in [2.45, 2.75) is 13.2 Å². The summed E-state index contributed by atoms with van der Waals surface area (Å²) in [7, 11) is 0. The van der Waals surface area contributed by atoms with Crippen molar-refractivity contribution >= 4 is 22.0 Å². The van der Waals surface area contributed by atoms with Crippen molar-refractivity contribution in [3.05, 3.63) is 28.2 Å². The molecule has 1 aromatic carbocycles. The standard InChI is InChI=1S/C11H12BrF3N2O2/c12-8-1-2-9(19-10(14)15)7(5-8)6-17-11(18)16-4-3-13/h1-2,5,10H,3-4,6H2,(H2,16,17,18). The van der Waals surface area contributed by atoms with Gasteiger partial charge in [-0.15, -0.1) is 0 Å². The summed E-state index contributed by atoms with van der Waals surface area (Å²) in [6, 6.07) is 3.88. The molecule has 0 bridgehead atoms. The molecule has 106 valence electrons. The Morgan fingerprint density at radius 2 is 2.11 bits per heavy atom. The lowest BCUT2D eigenvalue weighted by Crippen LogP contribution is -2.36. The molecule has 0 spiro atoms. The van der Waals surface area contributed by atoms with Gasteiger partial charge >= 0.3 is 12.6 Å². The monoisotopic (exact) mass is 340 g/mol. The zero-order valence-corrected chi connectivity index (χ0v) is 11.3. The zero-order valence-electron chi connectivity index (χ0n) is 9.76. The fourth-order valence-corrected chi connectivity index (χ4v) is 1.70. The predicted molar refractivity (Wildman–Crippen MR) is 67.0 cm³/mol. The fourth-order valence-electron chi connectivity index (χ4n) is 1.30. The lowest BCUT2D eigenvalue weighted by Gasteiger charge is -2.12. The largest absolute Gasteiger partial charge is 0.434 e. The number of amides is 2. The molecule has 0 aromatic heterocycles. The second-order valence-electron chi connectivity index (χ2n) is 3.43. The first-order valence-electron chi connectivity index (χ1n) is 5.34. The van der Waals surface area contributed by atoms with E-state index >= 15 is 0 Å². The normalized spacial score (nSPS) is 10.4. The Morgan fingerprint density at radius 1 is 1.37 bits per heavy atom. The third-order valence-electron chi connectivity index (χ3n) is 2.06. The van der Waals surface area contributed by atoms with E-state index in [1.807, 2.05) is 0 Å². The smallest absolute Gasteiger partial charge is 0.387 e. The molecule has 0 heterocycles. The van der Waals surface area contributed by atoms with E-state index in [9.17, 15) is 18.0 Å². The fraction of sp³-hybridized carbons (Fsp3) is 0.364. The van der Waals surface area contributed by atoms with Crippen LogP contribution in [-0.2, 0) is 6.54 Å². The van der Waals surface area contributed by atoms with E-state index in [4.69, 9.17) is 0 Å². The van der Waals surface area contributed by atoms with Gasteiger partial charge in [0.2, 0.25) is 0 Å². The summed E-state index contributed by atoms with van der Waals surface area (Å²) in [5.41, 5.74) is 0.380. The molecule has 2 N–H and O–H groups in total. The number of nitrogens with one attached hydrogen (secondary N) is 2. The van der Waals surface area contributed by atoms with Crippen LogP contribution in [0.25, 0.3) is 0 Å². The number of ether oxygens (including phenoxy) is 1.